The Hall–Kier alpha value is 2.13. The van der Waals surface area contributed by atoms with E-state index in [1.165, 1.54) is 0 Å². The molecule has 7 heavy (non-hydrogen) atoms. The Labute approximate surface area is 110 Å². The Morgan fingerprint density at radius 3 is 1.29 bits per heavy atom. The zero-order valence-corrected chi connectivity index (χ0v) is 11.0. The molecule has 0 heterocycles. The van der Waals surface area contributed by atoms with Crippen LogP contribution in [0.15, 0.2) is 0 Å². The van der Waals surface area contributed by atoms with Crippen molar-refractivity contribution in [1.29, 1.82) is 0 Å². The SMILES string of the molecule is O=C([O-])[O-].[Ba+2].[Cl-].[Na+]. The van der Waals surface area contributed by atoms with E-state index in [1.54, 1.807) is 0 Å². The summed E-state index contributed by atoms with van der Waals surface area (Å²) >= 11 is 0. The van der Waals surface area contributed by atoms with E-state index < -0.39 is 6.16 Å². The van der Waals surface area contributed by atoms with Crippen molar-refractivity contribution in [2.24, 2.45) is 0 Å². The summed E-state index contributed by atoms with van der Waals surface area (Å²) in [6.07, 6.45) is -2.33. The van der Waals surface area contributed by atoms with Crippen molar-refractivity contribution in [1.82, 2.24) is 0 Å². The minimum atomic E-state index is -2.33. The number of carbonyl (C=O) groups excluding carboxylic acids is 1. The number of halogens is 1. The molecule has 0 N–H and O–H groups in total. The first-order valence-electron chi connectivity index (χ1n) is 0.612. The van der Waals surface area contributed by atoms with Crippen LogP contribution in [0.25, 0.3) is 0 Å². The van der Waals surface area contributed by atoms with Gasteiger partial charge in [-0.2, -0.15) is 0 Å². The van der Waals surface area contributed by atoms with Crippen LogP contribution in [0.3, 0.4) is 0 Å². The topological polar surface area (TPSA) is 63.2 Å². The molecule has 0 saturated carbocycles. The maximum absolute atomic E-state index is 8.33. The molecule has 6 heteroatoms. The van der Waals surface area contributed by atoms with E-state index >= 15 is 0 Å². The fraction of sp³-hybridized carbons (Fsp3) is 0. The van der Waals surface area contributed by atoms with Crippen LogP contribution in [0.2, 0.25) is 0 Å². The minimum absolute atomic E-state index is 0. The molecule has 0 aromatic heterocycles. The molecule has 32 valence electrons. The van der Waals surface area contributed by atoms with Crippen LogP contribution in [0, 0.1) is 0 Å². The summed E-state index contributed by atoms with van der Waals surface area (Å²) in [5, 5.41) is 16.7. The van der Waals surface area contributed by atoms with Crippen molar-refractivity contribution in [2.75, 3.05) is 0 Å². The Morgan fingerprint density at radius 2 is 1.29 bits per heavy atom. The van der Waals surface area contributed by atoms with Crippen LogP contribution in [0.1, 0.15) is 0 Å². The molecule has 3 nitrogen and oxygen atoms in total. The largest absolute Gasteiger partial charge is 2.00 e. The average molecular weight is 256 g/mol. The predicted octanol–water partition coefficient (Wildman–Crippen LogP) is -8.82. The summed E-state index contributed by atoms with van der Waals surface area (Å²) in [5.41, 5.74) is 0. The molecule has 0 bridgehead atoms. The van der Waals surface area contributed by atoms with E-state index in [9.17, 15) is 0 Å². The standard InChI is InChI=1S/CH2O3.Ba.ClH.Na/c2-1(3)4;;;/h(H2,2,3,4);;1H;/q;+2;;+1/p-3. The second-order valence-corrected chi connectivity index (χ2v) is 0.250. The van der Waals surface area contributed by atoms with Gasteiger partial charge in [-0.15, -0.1) is 0 Å². The van der Waals surface area contributed by atoms with Gasteiger partial charge in [-0.1, -0.05) is 0 Å². The molecule has 0 aromatic rings. The molecule has 0 spiro atoms. The smallest absolute Gasteiger partial charge is 1.00 e. The maximum Gasteiger partial charge on any atom is 2.00 e. The van der Waals surface area contributed by atoms with Crippen LogP contribution < -0.4 is 52.2 Å². The summed E-state index contributed by atoms with van der Waals surface area (Å²) in [5.74, 6) is 0. The zero-order valence-electron chi connectivity index (χ0n) is 3.81. The number of carboxylic acid groups (broad SMARTS) is 2. The Kier molecular flexibility index (Phi) is 51.4. The van der Waals surface area contributed by atoms with E-state index in [-0.39, 0.29) is 90.8 Å². The summed E-state index contributed by atoms with van der Waals surface area (Å²) in [4.78, 5) is 8.33. The van der Waals surface area contributed by atoms with Gasteiger partial charge in [0.2, 0.25) is 0 Å². The molecule has 0 aliphatic rings. The number of hydrogen-bond acceptors (Lipinski definition) is 3. The molecule has 0 unspecified atom stereocenters. The van der Waals surface area contributed by atoms with Crippen molar-refractivity contribution in [3.05, 3.63) is 0 Å². The summed E-state index contributed by atoms with van der Waals surface area (Å²) < 4.78 is 0. The van der Waals surface area contributed by atoms with E-state index in [0.29, 0.717) is 0 Å². The molecule has 0 amide bonds. The minimum Gasteiger partial charge on any atom is -1.00 e. The average Bonchev–Trinajstić information content (AvgIpc) is 0.811. The van der Waals surface area contributed by atoms with Crippen molar-refractivity contribution < 1.29 is 57.0 Å². The first kappa shape index (κ1) is 22.9. The van der Waals surface area contributed by atoms with E-state index in [2.05, 4.69) is 0 Å². The second-order valence-electron chi connectivity index (χ2n) is 0.250. The Balaban J connectivity index is -0.0000000150. The second kappa shape index (κ2) is 15.7. The fourth-order valence-corrected chi connectivity index (χ4v) is 0. The summed E-state index contributed by atoms with van der Waals surface area (Å²) in [6, 6.07) is 0. The predicted molar refractivity (Wildman–Crippen MR) is 11.1 cm³/mol. The van der Waals surface area contributed by atoms with Gasteiger partial charge in [0.1, 0.15) is 0 Å². The molecule has 0 radical (unpaired) electrons. The maximum atomic E-state index is 8.33. The molecular weight excluding hydrogens is 256 g/mol. The van der Waals surface area contributed by atoms with Crippen LogP contribution in [0.5, 0.6) is 0 Å². The third-order valence-electron chi connectivity index (χ3n) is 0. The van der Waals surface area contributed by atoms with Gasteiger partial charge in [0, 0.05) is 0 Å². The van der Waals surface area contributed by atoms with Gasteiger partial charge in [0.15, 0.2) is 0 Å². The Bertz CT molecular complexity index is 37.9. The Morgan fingerprint density at radius 1 is 1.29 bits per heavy atom. The van der Waals surface area contributed by atoms with Crippen LogP contribution in [-0.2, 0) is 0 Å². The van der Waals surface area contributed by atoms with Gasteiger partial charge in [-0.25, -0.2) is 0 Å². The zero-order chi connectivity index (χ0) is 3.58. The third kappa shape index (κ3) is 67.3. The summed E-state index contributed by atoms with van der Waals surface area (Å²) in [7, 11) is 0. The first-order chi connectivity index (χ1) is 1.73. The van der Waals surface area contributed by atoms with Gasteiger partial charge in [0.05, 0.1) is 0 Å². The van der Waals surface area contributed by atoms with E-state index in [0.717, 1.165) is 0 Å². The molecule has 0 saturated heterocycles. The number of carbonyl (C=O) groups is 1. The van der Waals surface area contributed by atoms with E-state index in [4.69, 9.17) is 15.0 Å². The normalized spacial score (nSPS) is 3.43. The molecule has 0 rings (SSSR count). The van der Waals surface area contributed by atoms with Crippen LogP contribution in [-0.4, -0.2) is 55.0 Å². The van der Waals surface area contributed by atoms with Crippen molar-refractivity contribution in [3.8, 4) is 0 Å². The number of rotatable bonds is 0. The monoisotopic (exact) mass is 256 g/mol. The molecule has 0 fully saturated rings. The quantitative estimate of drug-likeness (QED) is 0.404. The number of hydrogen-bond donors (Lipinski definition) is 0. The van der Waals surface area contributed by atoms with Gasteiger partial charge < -0.3 is 27.4 Å². The van der Waals surface area contributed by atoms with Gasteiger partial charge in [-0.05, 0) is 6.16 Å². The first-order valence-corrected chi connectivity index (χ1v) is 0.612. The van der Waals surface area contributed by atoms with Crippen LogP contribution >= 0.6 is 0 Å². The van der Waals surface area contributed by atoms with Crippen molar-refractivity contribution >= 4 is 55.0 Å². The van der Waals surface area contributed by atoms with Crippen molar-refractivity contribution in [2.45, 2.75) is 0 Å². The van der Waals surface area contributed by atoms with Gasteiger partial charge in [-0.3, -0.25) is 0 Å². The van der Waals surface area contributed by atoms with E-state index in [1.807, 2.05) is 0 Å². The van der Waals surface area contributed by atoms with Gasteiger partial charge >= 0.3 is 78.4 Å². The van der Waals surface area contributed by atoms with Crippen LogP contribution in [0.4, 0.5) is 4.79 Å². The molecule has 0 aliphatic carbocycles. The fourth-order valence-electron chi connectivity index (χ4n) is 0. The molecule has 0 aromatic carbocycles. The van der Waals surface area contributed by atoms with Crippen molar-refractivity contribution in [3.63, 3.8) is 0 Å². The molecule has 0 atom stereocenters. The third-order valence-corrected chi connectivity index (χ3v) is 0. The summed E-state index contributed by atoms with van der Waals surface area (Å²) in [6.45, 7) is 0. The molecular formula is CBaClNaO3. The molecule has 0 aliphatic heterocycles. The van der Waals surface area contributed by atoms with Gasteiger partial charge in [0.25, 0.3) is 0 Å².